The summed E-state index contributed by atoms with van der Waals surface area (Å²) in [6.45, 7) is 4.46. The predicted octanol–water partition coefficient (Wildman–Crippen LogP) is 3.12. The summed E-state index contributed by atoms with van der Waals surface area (Å²) in [7, 11) is 1.54. The minimum absolute atomic E-state index is 0.0939. The van der Waals surface area contributed by atoms with Gasteiger partial charge < -0.3 is 19.5 Å². The third kappa shape index (κ3) is 5.89. The molecule has 0 aliphatic carbocycles. The maximum atomic E-state index is 12.0. The Hall–Kier alpha value is -2.86. The Balaban J connectivity index is 1.83. The molecular formula is C20H23NO5. The highest BCUT2D eigenvalue weighted by molar-refractivity contribution is 5.93. The smallest absolute Gasteiger partial charge is 0.338 e. The normalized spacial score (nSPS) is 10.3. The summed E-state index contributed by atoms with van der Waals surface area (Å²) in [6, 6.07) is 12.1. The minimum Gasteiger partial charge on any atom is -0.484 e. The number of benzene rings is 2. The molecule has 0 heterocycles. The number of methoxy groups -OCH3 is 1. The highest BCUT2D eigenvalue weighted by Gasteiger charge is 2.08. The first-order chi connectivity index (χ1) is 12.5. The van der Waals surface area contributed by atoms with Crippen LogP contribution in [-0.4, -0.2) is 38.8 Å². The van der Waals surface area contributed by atoms with Crippen LogP contribution in [0.5, 0.6) is 5.75 Å². The van der Waals surface area contributed by atoms with Gasteiger partial charge in [-0.05, 0) is 61.4 Å². The lowest BCUT2D eigenvalue weighted by molar-refractivity contribution is -0.118. The fourth-order valence-corrected chi connectivity index (χ4v) is 2.14. The van der Waals surface area contributed by atoms with Crippen LogP contribution in [-0.2, 0) is 14.3 Å². The summed E-state index contributed by atoms with van der Waals surface area (Å²) in [6.07, 6.45) is 0. The van der Waals surface area contributed by atoms with Crippen LogP contribution in [0.3, 0.4) is 0 Å². The monoisotopic (exact) mass is 357 g/mol. The van der Waals surface area contributed by atoms with Crippen molar-refractivity contribution >= 4 is 17.6 Å². The Bertz CT molecular complexity index is 755. The van der Waals surface area contributed by atoms with Crippen molar-refractivity contribution in [2.24, 2.45) is 0 Å². The number of hydrogen-bond acceptors (Lipinski definition) is 5. The van der Waals surface area contributed by atoms with Crippen molar-refractivity contribution in [1.82, 2.24) is 0 Å². The average molecular weight is 357 g/mol. The third-order valence-corrected chi connectivity index (χ3v) is 3.77. The van der Waals surface area contributed by atoms with Gasteiger partial charge in [-0.1, -0.05) is 6.07 Å². The molecule has 6 nitrogen and oxygen atoms in total. The van der Waals surface area contributed by atoms with Gasteiger partial charge in [-0.25, -0.2) is 4.79 Å². The Labute approximate surface area is 153 Å². The van der Waals surface area contributed by atoms with E-state index in [0.717, 1.165) is 5.56 Å². The van der Waals surface area contributed by atoms with Gasteiger partial charge in [-0.3, -0.25) is 4.79 Å². The van der Waals surface area contributed by atoms with E-state index >= 15 is 0 Å². The van der Waals surface area contributed by atoms with Crippen molar-refractivity contribution in [3.63, 3.8) is 0 Å². The lowest BCUT2D eigenvalue weighted by Gasteiger charge is -2.09. The van der Waals surface area contributed by atoms with Crippen molar-refractivity contribution < 1.29 is 23.8 Å². The van der Waals surface area contributed by atoms with Crippen molar-refractivity contribution in [2.75, 3.05) is 32.2 Å². The first-order valence-electron chi connectivity index (χ1n) is 8.25. The van der Waals surface area contributed by atoms with Crippen LogP contribution >= 0.6 is 0 Å². The van der Waals surface area contributed by atoms with Gasteiger partial charge in [0.25, 0.3) is 5.91 Å². The Kier molecular flexibility index (Phi) is 7.17. The Morgan fingerprint density at radius 2 is 1.69 bits per heavy atom. The van der Waals surface area contributed by atoms with Crippen molar-refractivity contribution in [3.05, 3.63) is 59.2 Å². The molecule has 2 rings (SSSR count). The lowest BCUT2D eigenvalue weighted by Crippen LogP contribution is -2.20. The standard InChI is InChI=1S/C20H23NO5/c1-14-4-9-18(12-15(14)2)26-13-19(22)21-17-7-5-16(6-8-17)20(23)25-11-10-24-3/h4-9,12H,10-11,13H2,1-3H3,(H,21,22). The maximum Gasteiger partial charge on any atom is 0.338 e. The van der Waals surface area contributed by atoms with Crippen LogP contribution in [0.2, 0.25) is 0 Å². The number of anilines is 1. The number of aryl methyl sites for hydroxylation is 2. The van der Waals surface area contributed by atoms with Crippen LogP contribution in [0.4, 0.5) is 5.69 Å². The number of carbonyl (C=O) groups excluding carboxylic acids is 2. The predicted molar refractivity (Wildman–Crippen MR) is 98.6 cm³/mol. The van der Waals surface area contributed by atoms with E-state index in [-0.39, 0.29) is 19.1 Å². The third-order valence-electron chi connectivity index (χ3n) is 3.77. The van der Waals surface area contributed by atoms with Crippen LogP contribution in [0.25, 0.3) is 0 Å². The molecule has 2 aromatic carbocycles. The maximum absolute atomic E-state index is 12.0. The van der Waals surface area contributed by atoms with Gasteiger partial charge in [0.05, 0.1) is 12.2 Å². The van der Waals surface area contributed by atoms with Gasteiger partial charge in [0.1, 0.15) is 12.4 Å². The summed E-state index contributed by atoms with van der Waals surface area (Å²) in [5.74, 6) is -0.0611. The van der Waals surface area contributed by atoms with E-state index in [9.17, 15) is 9.59 Å². The number of ether oxygens (including phenoxy) is 3. The van der Waals surface area contributed by atoms with E-state index in [2.05, 4.69) is 5.32 Å². The lowest BCUT2D eigenvalue weighted by atomic mass is 10.1. The average Bonchev–Trinajstić information content (AvgIpc) is 2.63. The molecule has 2 aromatic rings. The molecule has 0 radical (unpaired) electrons. The van der Waals surface area contributed by atoms with Gasteiger partial charge in [0.15, 0.2) is 6.61 Å². The summed E-state index contributed by atoms with van der Waals surface area (Å²) >= 11 is 0. The zero-order valence-electron chi connectivity index (χ0n) is 15.2. The van der Waals surface area contributed by atoms with E-state index < -0.39 is 5.97 Å². The number of carbonyl (C=O) groups is 2. The second-order valence-electron chi connectivity index (χ2n) is 5.79. The molecule has 138 valence electrons. The molecule has 0 atom stereocenters. The topological polar surface area (TPSA) is 73.9 Å². The number of nitrogens with one attached hydrogen (secondary N) is 1. The summed E-state index contributed by atoms with van der Waals surface area (Å²) < 4.78 is 15.3. The Morgan fingerprint density at radius 1 is 0.962 bits per heavy atom. The molecule has 0 fully saturated rings. The van der Waals surface area contributed by atoms with E-state index in [1.807, 2.05) is 32.0 Å². The minimum atomic E-state index is -0.432. The number of rotatable bonds is 8. The molecule has 6 heteroatoms. The largest absolute Gasteiger partial charge is 0.484 e. The number of hydrogen-bond donors (Lipinski definition) is 1. The zero-order chi connectivity index (χ0) is 18.9. The molecule has 0 aliphatic rings. The van der Waals surface area contributed by atoms with Crippen LogP contribution in [0.1, 0.15) is 21.5 Å². The molecule has 0 aliphatic heterocycles. The Morgan fingerprint density at radius 3 is 2.35 bits per heavy atom. The molecule has 0 saturated carbocycles. The van der Waals surface area contributed by atoms with E-state index in [1.54, 1.807) is 24.3 Å². The van der Waals surface area contributed by atoms with E-state index in [0.29, 0.717) is 23.6 Å². The molecule has 26 heavy (non-hydrogen) atoms. The van der Waals surface area contributed by atoms with Gasteiger partial charge in [-0.2, -0.15) is 0 Å². The van der Waals surface area contributed by atoms with Gasteiger partial charge >= 0.3 is 5.97 Å². The zero-order valence-corrected chi connectivity index (χ0v) is 15.2. The molecule has 0 bridgehead atoms. The first kappa shape index (κ1) is 19.5. The molecule has 0 aromatic heterocycles. The molecular weight excluding hydrogens is 334 g/mol. The highest BCUT2D eigenvalue weighted by atomic mass is 16.6. The SMILES string of the molecule is COCCOC(=O)c1ccc(NC(=O)COc2ccc(C)c(C)c2)cc1. The summed E-state index contributed by atoms with van der Waals surface area (Å²) in [5.41, 5.74) is 3.26. The van der Waals surface area contributed by atoms with Crippen LogP contribution in [0.15, 0.2) is 42.5 Å². The van der Waals surface area contributed by atoms with Gasteiger partial charge in [-0.15, -0.1) is 0 Å². The fraction of sp³-hybridized carbons (Fsp3) is 0.300. The molecule has 1 amide bonds. The molecule has 0 spiro atoms. The first-order valence-corrected chi connectivity index (χ1v) is 8.25. The molecule has 1 N–H and O–H groups in total. The second-order valence-corrected chi connectivity index (χ2v) is 5.79. The summed E-state index contributed by atoms with van der Waals surface area (Å²) in [4.78, 5) is 23.8. The van der Waals surface area contributed by atoms with Gasteiger partial charge in [0.2, 0.25) is 0 Å². The highest BCUT2D eigenvalue weighted by Crippen LogP contribution is 2.16. The van der Waals surface area contributed by atoms with Crippen LogP contribution < -0.4 is 10.1 Å². The van der Waals surface area contributed by atoms with Crippen molar-refractivity contribution in [3.8, 4) is 5.75 Å². The van der Waals surface area contributed by atoms with Crippen molar-refractivity contribution in [2.45, 2.75) is 13.8 Å². The van der Waals surface area contributed by atoms with Crippen LogP contribution in [0, 0.1) is 13.8 Å². The molecule has 0 unspecified atom stereocenters. The number of esters is 1. The van der Waals surface area contributed by atoms with Gasteiger partial charge in [0, 0.05) is 12.8 Å². The van der Waals surface area contributed by atoms with E-state index in [1.165, 1.54) is 12.7 Å². The summed E-state index contributed by atoms with van der Waals surface area (Å²) in [5, 5.41) is 2.72. The number of amides is 1. The van der Waals surface area contributed by atoms with E-state index in [4.69, 9.17) is 14.2 Å². The fourth-order valence-electron chi connectivity index (χ4n) is 2.14. The second kappa shape index (κ2) is 9.58. The molecule has 0 saturated heterocycles. The van der Waals surface area contributed by atoms with Crippen molar-refractivity contribution in [1.29, 1.82) is 0 Å². The quantitative estimate of drug-likeness (QED) is 0.580.